The first-order valence-electron chi connectivity index (χ1n) is 8.98. The third kappa shape index (κ3) is 4.57. The molecule has 3 heterocycles. The van der Waals surface area contributed by atoms with Gasteiger partial charge in [0.15, 0.2) is 0 Å². The maximum Gasteiger partial charge on any atom is 0.261 e. The van der Waals surface area contributed by atoms with Crippen LogP contribution in [0.2, 0.25) is 0 Å². The second-order valence-electron chi connectivity index (χ2n) is 7.05. The van der Waals surface area contributed by atoms with Crippen molar-refractivity contribution in [1.82, 2.24) is 10.2 Å². The molecule has 146 valence electrons. The minimum Gasteiger partial charge on any atom is -0.381 e. The number of nitrogens with zero attached hydrogens (tertiary/aromatic N) is 1. The topological polar surface area (TPSA) is 84.7 Å². The molecule has 0 aromatic carbocycles. The minimum atomic E-state index is -0.456. The standard InChI is InChI=1S/C18H27N3O3S.ClH/c1-13-2-3-15(25-13)16(22)20-14-4-8-21(9-5-14)17(23)18(12-19)6-10-24-11-7-18;/h2-3,14H,4-12,19H2,1H3,(H,20,22);1H. The lowest BCUT2D eigenvalue weighted by Crippen LogP contribution is -2.54. The summed E-state index contributed by atoms with van der Waals surface area (Å²) in [7, 11) is 0. The molecule has 0 unspecified atom stereocenters. The average Bonchev–Trinajstić information content (AvgIpc) is 3.09. The van der Waals surface area contributed by atoms with Gasteiger partial charge in [-0.3, -0.25) is 9.59 Å². The number of nitrogens with two attached hydrogens (primary N) is 1. The van der Waals surface area contributed by atoms with Crippen LogP contribution < -0.4 is 11.1 Å². The van der Waals surface area contributed by atoms with Gasteiger partial charge in [0.1, 0.15) is 0 Å². The van der Waals surface area contributed by atoms with Crippen molar-refractivity contribution in [2.45, 2.75) is 38.6 Å². The van der Waals surface area contributed by atoms with Crippen LogP contribution in [-0.2, 0) is 9.53 Å². The molecule has 6 nitrogen and oxygen atoms in total. The van der Waals surface area contributed by atoms with E-state index < -0.39 is 5.41 Å². The van der Waals surface area contributed by atoms with E-state index in [-0.39, 0.29) is 30.3 Å². The smallest absolute Gasteiger partial charge is 0.261 e. The lowest BCUT2D eigenvalue weighted by atomic mass is 9.78. The van der Waals surface area contributed by atoms with Crippen LogP contribution in [0.3, 0.4) is 0 Å². The van der Waals surface area contributed by atoms with E-state index in [0.29, 0.717) is 45.7 Å². The highest BCUT2D eigenvalue weighted by Crippen LogP contribution is 2.32. The lowest BCUT2D eigenvalue weighted by molar-refractivity contribution is -0.148. The summed E-state index contributed by atoms with van der Waals surface area (Å²) in [5.74, 6) is 0.155. The molecule has 0 atom stereocenters. The van der Waals surface area contributed by atoms with Gasteiger partial charge in [0, 0.05) is 43.8 Å². The fourth-order valence-corrected chi connectivity index (χ4v) is 4.41. The summed E-state index contributed by atoms with van der Waals surface area (Å²) >= 11 is 1.51. The molecule has 2 fully saturated rings. The number of carbonyl (C=O) groups excluding carboxylic acids is 2. The Kier molecular flexibility index (Phi) is 7.46. The zero-order chi connectivity index (χ0) is 17.9. The number of halogens is 1. The SMILES string of the molecule is Cc1ccc(C(=O)NC2CCN(C(=O)C3(CN)CCOCC3)CC2)s1.Cl. The Hall–Kier alpha value is -1.15. The number of hydrogen-bond acceptors (Lipinski definition) is 5. The Morgan fingerprint density at radius 1 is 1.31 bits per heavy atom. The van der Waals surface area contributed by atoms with E-state index >= 15 is 0 Å². The van der Waals surface area contributed by atoms with Crippen LogP contribution >= 0.6 is 23.7 Å². The largest absolute Gasteiger partial charge is 0.381 e. The van der Waals surface area contributed by atoms with Crippen LogP contribution in [0.1, 0.15) is 40.2 Å². The van der Waals surface area contributed by atoms with Gasteiger partial charge in [-0.05, 0) is 44.7 Å². The first kappa shape index (κ1) is 21.2. The Morgan fingerprint density at radius 2 is 1.96 bits per heavy atom. The zero-order valence-electron chi connectivity index (χ0n) is 15.2. The molecule has 3 rings (SSSR count). The van der Waals surface area contributed by atoms with Crippen molar-refractivity contribution in [2.24, 2.45) is 11.1 Å². The minimum absolute atomic E-state index is 0. The first-order valence-corrected chi connectivity index (χ1v) is 9.80. The van der Waals surface area contributed by atoms with E-state index in [2.05, 4.69) is 5.32 Å². The highest BCUT2D eigenvalue weighted by Gasteiger charge is 2.42. The first-order chi connectivity index (χ1) is 12.0. The summed E-state index contributed by atoms with van der Waals surface area (Å²) in [6.07, 6.45) is 2.99. The molecular formula is C18H28ClN3O3S. The van der Waals surface area contributed by atoms with Crippen LogP contribution in [0.25, 0.3) is 0 Å². The third-order valence-corrected chi connectivity index (χ3v) is 6.38. The molecule has 8 heteroatoms. The number of amides is 2. The van der Waals surface area contributed by atoms with Gasteiger partial charge in [0.2, 0.25) is 5.91 Å². The monoisotopic (exact) mass is 401 g/mol. The molecule has 0 bridgehead atoms. The fourth-order valence-electron chi connectivity index (χ4n) is 3.64. The van der Waals surface area contributed by atoms with Crippen LogP contribution in [0.5, 0.6) is 0 Å². The van der Waals surface area contributed by atoms with Crippen molar-refractivity contribution in [1.29, 1.82) is 0 Å². The fraction of sp³-hybridized carbons (Fsp3) is 0.667. The summed E-state index contributed by atoms with van der Waals surface area (Å²) in [6.45, 7) is 4.94. The quantitative estimate of drug-likeness (QED) is 0.807. The molecule has 1 aromatic heterocycles. The van der Waals surface area contributed by atoms with E-state index in [1.807, 2.05) is 24.0 Å². The molecule has 2 aliphatic heterocycles. The highest BCUT2D eigenvalue weighted by molar-refractivity contribution is 7.13. The van der Waals surface area contributed by atoms with Gasteiger partial charge in [-0.25, -0.2) is 0 Å². The Bertz CT molecular complexity index is 623. The molecule has 0 spiro atoms. The van der Waals surface area contributed by atoms with Gasteiger partial charge in [0.25, 0.3) is 5.91 Å². The second kappa shape index (κ2) is 9.17. The normalized spacial score (nSPS) is 20.3. The predicted molar refractivity (Wildman–Crippen MR) is 105 cm³/mol. The van der Waals surface area contributed by atoms with E-state index in [4.69, 9.17) is 10.5 Å². The zero-order valence-corrected chi connectivity index (χ0v) is 16.8. The van der Waals surface area contributed by atoms with Crippen molar-refractivity contribution in [2.75, 3.05) is 32.8 Å². The molecule has 0 saturated carbocycles. The van der Waals surface area contributed by atoms with Gasteiger partial charge in [-0.1, -0.05) is 0 Å². The number of rotatable bonds is 4. The summed E-state index contributed by atoms with van der Waals surface area (Å²) in [5.41, 5.74) is 5.49. The Morgan fingerprint density at radius 3 is 2.50 bits per heavy atom. The van der Waals surface area contributed by atoms with Crippen molar-refractivity contribution in [3.8, 4) is 0 Å². The number of thiophene rings is 1. The van der Waals surface area contributed by atoms with Crippen molar-refractivity contribution < 1.29 is 14.3 Å². The predicted octanol–water partition coefficient (Wildman–Crippen LogP) is 1.95. The lowest BCUT2D eigenvalue weighted by Gasteiger charge is -2.41. The van der Waals surface area contributed by atoms with E-state index in [0.717, 1.165) is 22.6 Å². The number of piperidine rings is 1. The summed E-state index contributed by atoms with van der Waals surface area (Å²) in [5, 5.41) is 3.10. The molecular weight excluding hydrogens is 374 g/mol. The third-order valence-electron chi connectivity index (χ3n) is 5.38. The number of likely N-dealkylation sites (tertiary alicyclic amines) is 1. The second-order valence-corrected chi connectivity index (χ2v) is 8.33. The van der Waals surface area contributed by atoms with Crippen LogP contribution in [0.15, 0.2) is 12.1 Å². The number of nitrogens with one attached hydrogen (secondary N) is 1. The number of ether oxygens (including phenoxy) is 1. The van der Waals surface area contributed by atoms with E-state index in [1.54, 1.807) is 0 Å². The molecule has 2 aliphatic rings. The van der Waals surface area contributed by atoms with Gasteiger partial charge in [-0.15, -0.1) is 23.7 Å². The maximum atomic E-state index is 13.0. The van der Waals surface area contributed by atoms with Gasteiger partial charge in [-0.2, -0.15) is 0 Å². The molecule has 2 amide bonds. The Labute approximate surface area is 164 Å². The van der Waals surface area contributed by atoms with Gasteiger partial charge < -0.3 is 20.7 Å². The van der Waals surface area contributed by atoms with Gasteiger partial charge in [0.05, 0.1) is 10.3 Å². The van der Waals surface area contributed by atoms with Crippen molar-refractivity contribution in [3.63, 3.8) is 0 Å². The van der Waals surface area contributed by atoms with Crippen LogP contribution in [0.4, 0.5) is 0 Å². The highest BCUT2D eigenvalue weighted by atomic mass is 35.5. The van der Waals surface area contributed by atoms with Crippen molar-refractivity contribution in [3.05, 3.63) is 21.9 Å². The maximum absolute atomic E-state index is 13.0. The summed E-state index contributed by atoms with van der Waals surface area (Å²) < 4.78 is 5.40. The van der Waals surface area contributed by atoms with Crippen LogP contribution in [0, 0.1) is 12.3 Å². The average molecular weight is 402 g/mol. The Balaban J connectivity index is 0.00000243. The molecule has 0 aliphatic carbocycles. The molecule has 26 heavy (non-hydrogen) atoms. The van der Waals surface area contributed by atoms with Crippen molar-refractivity contribution >= 4 is 35.6 Å². The van der Waals surface area contributed by atoms with E-state index in [1.165, 1.54) is 11.3 Å². The number of carbonyl (C=O) groups is 2. The summed E-state index contributed by atoms with van der Waals surface area (Å²) in [6, 6.07) is 3.95. The number of aryl methyl sites for hydroxylation is 1. The molecule has 0 radical (unpaired) electrons. The molecule has 1 aromatic rings. The molecule has 3 N–H and O–H groups in total. The number of hydrogen-bond donors (Lipinski definition) is 2. The van der Waals surface area contributed by atoms with E-state index in [9.17, 15) is 9.59 Å². The summed E-state index contributed by atoms with van der Waals surface area (Å²) in [4.78, 5) is 29.0. The van der Waals surface area contributed by atoms with Gasteiger partial charge >= 0.3 is 0 Å². The van der Waals surface area contributed by atoms with Crippen LogP contribution in [-0.4, -0.2) is 55.6 Å². The molecule has 2 saturated heterocycles.